The van der Waals surface area contributed by atoms with E-state index in [0.29, 0.717) is 17.9 Å². The van der Waals surface area contributed by atoms with Crippen LogP contribution in [-0.2, 0) is 11.8 Å². The van der Waals surface area contributed by atoms with Crippen LogP contribution in [0.25, 0.3) is 11.0 Å². The zero-order valence-electron chi connectivity index (χ0n) is 20.3. The molecule has 1 N–H and O–H groups in total. The van der Waals surface area contributed by atoms with Crippen LogP contribution in [0.15, 0.2) is 12.1 Å². The van der Waals surface area contributed by atoms with Crippen molar-refractivity contribution in [3.8, 4) is 0 Å². The van der Waals surface area contributed by atoms with E-state index >= 15 is 0 Å². The Balaban J connectivity index is 1.07. The van der Waals surface area contributed by atoms with Crippen LogP contribution in [-0.4, -0.2) is 101 Å². The summed E-state index contributed by atoms with van der Waals surface area (Å²) < 4.78 is 7.71. The number of hydrogen-bond acceptors (Lipinski definition) is 7. The Labute approximate surface area is 201 Å². The number of likely N-dealkylation sites (tertiary alicyclic amines) is 2. The first kappa shape index (κ1) is 22.2. The number of aromatic nitrogens is 3. The Bertz CT molecular complexity index is 1010. The zero-order chi connectivity index (χ0) is 23.1. The molecule has 6 rings (SSSR count). The Morgan fingerprint density at radius 2 is 1.68 bits per heavy atom. The van der Waals surface area contributed by atoms with E-state index in [4.69, 9.17) is 9.72 Å². The van der Waals surface area contributed by atoms with E-state index in [1.807, 2.05) is 19.2 Å². The molecule has 4 fully saturated rings. The minimum Gasteiger partial charge on any atom is -0.371 e. The lowest BCUT2D eigenvalue weighted by Gasteiger charge is -2.33. The first-order valence-corrected chi connectivity index (χ1v) is 13.1. The molecule has 2 unspecified atom stereocenters. The molecule has 0 aromatic carbocycles. The highest BCUT2D eigenvalue weighted by Gasteiger charge is 2.34. The number of anilines is 1. The van der Waals surface area contributed by atoms with Gasteiger partial charge in [-0.25, -0.2) is 9.67 Å². The molecular formula is C25H37N7O2. The molecule has 9 heteroatoms. The topological polar surface area (TPSA) is 78.8 Å². The van der Waals surface area contributed by atoms with E-state index in [-0.39, 0.29) is 11.9 Å². The molecule has 0 radical (unpaired) electrons. The van der Waals surface area contributed by atoms with E-state index in [9.17, 15) is 4.79 Å². The van der Waals surface area contributed by atoms with Crippen LogP contribution in [0.1, 0.15) is 49.0 Å². The zero-order valence-corrected chi connectivity index (χ0v) is 20.3. The maximum absolute atomic E-state index is 13.1. The number of fused-ring (bicyclic) bond motifs is 3. The molecular weight excluding hydrogens is 430 g/mol. The van der Waals surface area contributed by atoms with Gasteiger partial charge < -0.3 is 24.8 Å². The van der Waals surface area contributed by atoms with Crippen LogP contribution in [0.2, 0.25) is 0 Å². The van der Waals surface area contributed by atoms with E-state index < -0.39 is 0 Å². The van der Waals surface area contributed by atoms with Crippen LogP contribution < -0.4 is 10.2 Å². The largest absolute Gasteiger partial charge is 0.371 e. The van der Waals surface area contributed by atoms with Gasteiger partial charge in [0.05, 0.1) is 17.6 Å². The van der Waals surface area contributed by atoms with Crippen LogP contribution in [0.5, 0.6) is 0 Å². The van der Waals surface area contributed by atoms with Crippen LogP contribution in [0.4, 0.5) is 5.82 Å². The van der Waals surface area contributed by atoms with Crippen molar-refractivity contribution >= 4 is 22.8 Å². The fraction of sp³-hybridized carbons (Fsp3) is 0.720. The van der Waals surface area contributed by atoms with E-state index in [1.54, 1.807) is 4.68 Å². The first-order chi connectivity index (χ1) is 16.6. The molecule has 4 saturated heterocycles. The number of ether oxygens (including phenoxy) is 1. The maximum Gasteiger partial charge on any atom is 0.272 e. The number of rotatable bonds is 6. The highest BCUT2D eigenvalue weighted by molar-refractivity contribution is 6.04. The fourth-order valence-electron chi connectivity index (χ4n) is 6.11. The second kappa shape index (κ2) is 9.43. The van der Waals surface area contributed by atoms with Gasteiger partial charge in [0, 0.05) is 52.4 Å². The molecule has 2 atom stereocenters. The Morgan fingerprint density at radius 1 is 1.00 bits per heavy atom. The number of amides is 1. The third-order valence-electron chi connectivity index (χ3n) is 8.11. The number of nitrogens with zero attached hydrogens (tertiary/aromatic N) is 6. The second-order valence-corrected chi connectivity index (χ2v) is 10.5. The van der Waals surface area contributed by atoms with Gasteiger partial charge >= 0.3 is 0 Å². The van der Waals surface area contributed by atoms with Crippen molar-refractivity contribution in [2.45, 2.75) is 56.8 Å². The number of aryl methyl sites for hydroxylation is 1. The summed E-state index contributed by atoms with van der Waals surface area (Å²) in [5.74, 6) is 0.865. The second-order valence-electron chi connectivity index (χ2n) is 10.5. The van der Waals surface area contributed by atoms with Crippen molar-refractivity contribution in [2.75, 3.05) is 57.3 Å². The standard InChI is InChI=1S/C25H37N7O2/c1-29-24-21(6-7-22(27-24)32-16-19-4-5-20(17-32)34-19)23(28-29)25(33)26-18-8-12-31(13-9-18)15-14-30-10-2-3-11-30/h6-7,18-20H,2-5,8-17H2,1H3,(H,26,33). The smallest absolute Gasteiger partial charge is 0.272 e. The third-order valence-corrected chi connectivity index (χ3v) is 8.11. The van der Waals surface area contributed by atoms with Gasteiger partial charge in [-0.05, 0) is 63.7 Å². The Morgan fingerprint density at radius 3 is 2.38 bits per heavy atom. The molecule has 4 aliphatic heterocycles. The highest BCUT2D eigenvalue weighted by atomic mass is 16.5. The lowest BCUT2D eigenvalue weighted by Crippen LogP contribution is -2.46. The summed E-state index contributed by atoms with van der Waals surface area (Å²) in [6, 6.07) is 4.26. The monoisotopic (exact) mass is 467 g/mol. The number of carbonyl (C=O) groups excluding carboxylic acids is 1. The van der Waals surface area contributed by atoms with Crippen molar-refractivity contribution in [1.29, 1.82) is 0 Å². The molecule has 2 bridgehead atoms. The van der Waals surface area contributed by atoms with Gasteiger partial charge in [0.1, 0.15) is 5.82 Å². The van der Waals surface area contributed by atoms with Gasteiger partial charge in [-0.15, -0.1) is 0 Å². The van der Waals surface area contributed by atoms with Gasteiger partial charge in [-0.1, -0.05) is 0 Å². The average Bonchev–Trinajstić information content (AvgIpc) is 3.58. The predicted octanol–water partition coefficient (Wildman–Crippen LogP) is 1.63. The van der Waals surface area contributed by atoms with Gasteiger partial charge in [-0.2, -0.15) is 5.10 Å². The normalized spacial score (nSPS) is 26.6. The van der Waals surface area contributed by atoms with Crippen molar-refractivity contribution < 1.29 is 9.53 Å². The lowest BCUT2D eigenvalue weighted by molar-refractivity contribution is 0.0302. The van der Waals surface area contributed by atoms with Gasteiger partial charge in [-0.3, -0.25) is 4.79 Å². The molecule has 4 aliphatic rings. The van der Waals surface area contributed by atoms with Crippen molar-refractivity contribution in [2.24, 2.45) is 7.05 Å². The minimum absolute atomic E-state index is 0.0833. The van der Waals surface area contributed by atoms with Gasteiger partial charge in [0.2, 0.25) is 0 Å². The molecule has 2 aromatic heterocycles. The molecule has 34 heavy (non-hydrogen) atoms. The molecule has 2 aromatic rings. The van der Waals surface area contributed by atoms with Crippen molar-refractivity contribution in [3.05, 3.63) is 17.8 Å². The number of piperidine rings is 1. The quantitative estimate of drug-likeness (QED) is 0.692. The predicted molar refractivity (Wildman–Crippen MR) is 131 cm³/mol. The summed E-state index contributed by atoms with van der Waals surface area (Å²) in [4.78, 5) is 25.5. The molecule has 0 aliphatic carbocycles. The Hall–Kier alpha value is -2.23. The average molecular weight is 468 g/mol. The van der Waals surface area contributed by atoms with E-state index in [0.717, 1.165) is 75.3 Å². The number of hydrogen-bond donors (Lipinski definition) is 1. The van der Waals surface area contributed by atoms with Gasteiger partial charge in [0.15, 0.2) is 11.3 Å². The number of morpholine rings is 1. The maximum atomic E-state index is 13.1. The summed E-state index contributed by atoms with van der Waals surface area (Å²) in [5.41, 5.74) is 1.24. The van der Waals surface area contributed by atoms with Crippen molar-refractivity contribution in [3.63, 3.8) is 0 Å². The fourth-order valence-corrected chi connectivity index (χ4v) is 6.11. The summed E-state index contributed by atoms with van der Waals surface area (Å²) in [7, 11) is 1.87. The van der Waals surface area contributed by atoms with E-state index in [1.165, 1.54) is 32.5 Å². The number of carbonyl (C=O) groups is 1. The number of pyridine rings is 1. The lowest BCUT2D eigenvalue weighted by atomic mass is 10.0. The summed E-state index contributed by atoms with van der Waals surface area (Å²) in [6.07, 6.45) is 7.60. The summed E-state index contributed by atoms with van der Waals surface area (Å²) in [5, 5.41) is 8.63. The SMILES string of the molecule is Cn1nc(C(=O)NC2CCN(CCN3CCCC3)CC2)c2ccc(N3CC4CCC(C3)O4)nc21. The molecule has 1 amide bonds. The first-order valence-electron chi connectivity index (χ1n) is 13.1. The van der Waals surface area contributed by atoms with Crippen molar-refractivity contribution in [1.82, 2.24) is 29.9 Å². The highest BCUT2D eigenvalue weighted by Crippen LogP contribution is 2.30. The summed E-state index contributed by atoms with van der Waals surface area (Å²) in [6.45, 7) is 8.71. The van der Waals surface area contributed by atoms with Gasteiger partial charge in [0.25, 0.3) is 5.91 Å². The van der Waals surface area contributed by atoms with Crippen LogP contribution in [0.3, 0.4) is 0 Å². The third kappa shape index (κ3) is 4.53. The summed E-state index contributed by atoms with van der Waals surface area (Å²) >= 11 is 0. The molecule has 184 valence electrons. The number of nitrogens with one attached hydrogen (secondary N) is 1. The van der Waals surface area contributed by atoms with Crippen LogP contribution in [0, 0.1) is 0 Å². The molecule has 6 heterocycles. The molecule has 9 nitrogen and oxygen atoms in total. The van der Waals surface area contributed by atoms with E-state index in [2.05, 4.69) is 25.1 Å². The molecule has 0 spiro atoms. The minimum atomic E-state index is -0.0833. The molecule has 0 saturated carbocycles. The Kier molecular flexibility index (Phi) is 6.17. The van der Waals surface area contributed by atoms with Crippen LogP contribution >= 0.6 is 0 Å².